The van der Waals surface area contributed by atoms with E-state index in [1.165, 1.54) is 6.07 Å². The number of rotatable bonds is 1. The van der Waals surface area contributed by atoms with Gasteiger partial charge in [-0.2, -0.15) is 0 Å². The number of benzene rings is 1. The molecule has 2 N–H and O–H groups in total. The quantitative estimate of drug-likeness (QED) is 0.618. The summed E-state index contributed by atoms with van der Waals surface area (Å²) in [7, 11) is 0. The molecule has 0 unspecified atom stereocenters. The molecule has 0 atom stereocenters. The second-order valence-corrected chi connectivity index (χ2v) is 3.67. The van der Waals surface area contributed by atoms with Crippen molar-refractivity contribution in [1.82, 2.24) is 0 Å². The number of halogens is 2. The molecule has 3 nitrogen and oxygen atoms in total. The number of hydrogen-bond acceptors (Lipinski definition) is 3. The summed E-state index contributed by atoms with van der Waals surface area (Å²) in [6.07, 6.45) is 0.577. The molecule has 1 rings (SSSR count). The van der Waals surface area contributed by atoms with Crippen molar-refractivity contribution < 1.29 is 15.0 Å². The smallest absolute Gasteiger partial charge is 0.173 e. The molecule has 0 amide bonds. The molecule has 0 saturated carbocycles. The van der Waals surface area contributed by atoms with Gasteiger partial charge in [-0.25, -0.2) is 0 Å². The molecule has 0 aliphatic carbocycles. The van der Waals surface area contributed by atoms with Gasteiger partial charge >= 0.3 is 0 Å². The van der Waals surface area contributed by atoms with E-state index in [4.69, 9.17) is 10.2 Å². The normalized spacial score (nSPS) is 9.83. The van der Waals surface area contributed by atoms with E-state index in [9.17, 15) is 4.79 Å². The summed E-state index contributed by atoms with van der Waals surface area (Å²) in [5.74, 6) is -0.611. The second kappa shape index (κ2) is 3.45. The van der Waals surface area contributed by atoms with Gasteiger partial charge in [0.2, 0.25) is 0 Å². The van der Waals surface area contributed by atoms with Crippen LogP contribution >= 0.6 is 31.9 Å². The Kier molecular flexibility index (Phi) is 2.74. The Morgan fingerprint density at radius 1 is 1.25 bits per heavy atom. The molecule has 0 bridgehead atoms. The Labute approximate surface area is 85.3 Å². The van der Waals surface area contributed by atoms with Gasteiger partial charge in [-0.1, -0.05) is 0 Å². The molecule has 12 heavy (non-hydrogen) atoms. The summed E-state index contributed by atoms with van der Waals surface area (Å²) < 4.78 is 0.692. The van der Waals surface area contributed by atoms with Gasteiger partial charge in [-0.15, -0.1) is 0 Å². The van der Waals surface area contributed by atoms with Crippen LogP contribution in [0.25, 0.3) is 0 Å². The molecule has 0 aliphatic heterocycles. The van der Waals surface area contributed by atoms with Crippen LogP contribution in [0.15, 0.2) is 15.0 Å². The van der Waals surface area contributed by atoms with Crippen LogP contribution < -0.4 is 0 Å². The molecule has 1 aromatic rings. The highest BCUT2D eigenvalue weighted by Gasteiger charge is 2.12. The summed E-state index contributed by atoms with van der Waals surface area (Å²) >= 11 is 6.08. The van der Waals surface area contributed by atoms with Crippen molar-refractivity contribution in [3.63, 3.8) is 0 Å². The first-order chi connectivity index (χ1) is 5.57. The molecule has 5 heteroatoms. The third-order valence-electron chi connectivity index (χ3n) is 1.32. The van der Waals surface area contributed by atoms with Crippen molar-refractivity contribution in [3.8, 4) is 11.5 Å². The topological polar surface area (TPSA) is 57.5 Å². The Bertz CT molecular complexity index is 336. The largest absolute Gasteiger partial charge is 0.504 e. The summed E-state index contributed by atoms with van der Waals surface area (Å²) in [6.45, 7) is 0. The van der Waals surface area contributed by atoms with Crippen molar-refractivity contribution in [3.05, 3.63) is 20.6 Å². The number of hydrogen-bond donors (Lipinski definition) is 2. The van der Waals surface area contributed by atoms with Crippen LogP contribution in [0.3, 0.4) is 0 Å². The molecule has 0 fully saturated rings. The fraction of sp³-hybridized carbons (Fsp3) is 0. The fourth-order valence-electron chi connectivity index (χ4n) is 0.708. The van der Waals surface area contributed by atoms with E-state index in [0.29, 0.717) is 10.8 Å². The number of phenolic OH excluding ortho intramolecular Hbond substituents is 2. The predicted molar refractivity (Wildman–Crippen MR) is 50.6 cm³/mol. The lowest BCUT2D eigenvalue weighted by atomic mass is 10.2. The molecule has 0 aliphatic rings. The molecule has 0 saturated heterocycles. The Morgan fingerprint density at radius 3 is 2.33 bits per heavy atom. The highest BCUT2D eigenvalue weighted by atomic mass is 79.9. The van der Waals surface area contributed by atoms with Gasteiger partial charge in [0.15, 0.2) is 17.8 Å². The van der Waals surface area contributed by atoms with Crippen LogP contribution in [-0.4, -0.2) is 16.5 Å². The Morgan fingerprint density at radius 2 is 1.83 bits per heavy atom. The SMILES string of the molecule is O=Cc1cc(O)c(O)c(Br)c1Br. The van der Waals surface area contributed by atoms with Gasteiger partial charge in [0, 0.05) is 10.0 Å². The van der Waals surface area contributed by atoms with Crippen LogP contribution in [0.4, 0.5) is 0 Å². The standard InChI is InChI=1S/C7H4Br2O3/c8-5-3(2-10)1-4(11)7(12)6(5)9/h1-2,11-12H. The highest BCUT2D eigenvalue weighted by Crippen LogP contribution is 2.40. The maximum absolute atomic E-state index is 10.4. The average molecular weight is 296 g/mol. The Hall–Kier alpha value is -0.550. The zero-order valence-corrected chi connectivity index (χ0v) is 8.89. The lowest BCUT2D eigenvalue weighted by Gasteiger charge is -2.04. The van der Waals surface area contributed by atoms with Crippen LogP contribution in [0, 0.1) is 0 Å². The van der Waals surface area contributed by atoms with Crippen molar-refractivity contribution in [2.45, 2.75) is 0 Å². The van der Waals surface area contributed by atoms with Crippen LogP contribution in [0.1, 0.15) is 10.4 Å². The lowest BCUT2D eigenvalue weighted by Crippen LogP contribution is -1.84. The third-order valence-corrected chi connectivity index (χ3v) is 3.47. The van der Waals surface area contributed by atoms with Gasteiger partial charge in [-0.05, 0) is 37.9 Å². The number of carbonyl (C=O) groups excluding carboxylic acids is 1. The van der Waals surface area contributed by atoms with Crippen LogP contribution in [0.2, 0.25) is 0 Å². The molecule has 0 aromatic heterocycles. The first kappa shape index (κ1) is 9.54. The summed E-state index contributed by atoms with van der Waals surface area (Å²) in [5, 5.41) is 18.2. The molecule has 0 spiro atoms. The van der Waals surface area contributed by atoms with E-state index in [2.05, 4.69) is 31.9 Å². The van der Waals surface area contributed by atoms with E-state index in [1.54, 1.807) is 0 Å². The third kappa shape index (κ3) is 1.47. The minimum Gasteiger partial charge on any atom is -0.504 e. The number of aldehydes is 1. The van der Waals surface area contributed by atoms with Crippen molar-refractivity contribution in [1.29, 1.82) is 0 Å². The molecule has 64 valence electrons. The molecule has 0 radical (unpaired) electrons. The number of phenols is 2. The van der Waals surface area contributed by atoms with Gasteiger partial charge in [0.05, 0.1) is 4.47 Å². The first-order valence-electron chi connectivity index (χ1n) is 2.93. The maximum atomic E-state index is 10.4. The van der Waals surface area contributed by atoms with Crippen molar-refractivity contribution in [2.24, 2.45) is 0 Å². The average Bonchev–Trinajstić information content (AvgIpc) is 2.08. The maximum Gasteiger partial charge on any atom is 0.173 e. The van der Waals surface area contributed by atoms with E-state index in [-0.39, 0.29) is 21.5 Å². The summed E-state index contributed by atoms with van der Waals surface area (Å²) in [4.78, 5) is 10.4. The van der Waals surface area contributed by atoms with E-state index < -0.39 is 0 Å². The van der Waals surface area contributed by atoms with Gasteiger partial charge in [0.1, 0.15) is 0 Å². The van der Waals surface area contributed by atoms with Gasteiger partial charge < -0.3 is 10.2 Å². The van der Waals surface area contributed by atoms with Crippen molar-refractivity contribution in [2.75, 3.05) is 0 Å². The summed E-state index contributed by atoms with van der Waals surface area (Å²) in [5.41, 5.74) is 0.275. The molecule has 0 heterocycles. The van der Waals surface area contributed by atoms with Crippen LogP contribution in [0.5, 0.6) is 11.5 Å². The van der Waals surface area contributed by atoms with Gasteiger partial charge in [-0.3, -0.25) is 4.79 Å². The van der Waals surface area contributed by atoms with E-state index >= 15 is 0 Å². The highest BCUT2D eigenvalue weighted by molar-refractivity contribution is 9.13. The molecular formula is C7H4Br2O3. The first-order valence-corrected chi connectivity index (χ1v) is 4.51. The van der Waals surface area contributed by atoms with Crippen LogP contribution in [-0.2, 0) is 0 Å². The second-order valence-electron chi connectivity index (χ2n) is 2.08. The van der Waals surface area contributed by atoms with Gasteiger partial charge in [0.25, 0.3) is 0 Å². The zero-order chi connectivity index (χ0) is 9.30. The minimum atomic E-state index is -0.327. The number of carbonyl (C=O) groups is 1. The summed E-state index contributed by atoms with van der Waals surface area (Å²) in [6, 6.07) is 1.18. The van der Waals surface area contributed by atoms with Crippen molar-refractivity contribution >= 4 is 38.1 Å². The zero-order valence-electron chi connectivity index (χ0n) is 5.71. The predicted octanol–water partition coefficient (Wildman–Crippen LogP) is 2.44. The monoisotopic (exact) mass is 294 g/mol. The fourth-order valence-corrected chi connectivity index (χ4v) is 1.54. The molecular weight excluding hydrogens is 292 g/mol. The number of aromatic hydroxyl groups is 2. The van der Waals surface area contributed by atoms with E-state index in [1.807, 2.05) is 0 Å². The molecule has 1 aromatic carbocycles. The Balaban J connectivity index is 3.49. The van der Waals surface area contributed by atoms with E-state index in [0.717, 1.165) is 0 Å². The lowest BCUT2D eigenvalue weighted by molar-refractivity contribution is 0.112. The minimum absolute atomic E-state index is 0.268.